The third-order valence-electron chi connectivity index (χ3n) is 1.19. The van der Waals surface area contributed by atoms with Crippen LogP contribution in [0.2, 0.25) is 0 Å². The molecule has 2 unspecified atom stereocenters. The minimum Gasteiger partial charge on any atom is -0.297 e. The summed E-state index contributed by atoms with van der Waals surface area (Å²) in [6.07, 6.45) is -0.00242. The lowest BCUT2D eigenvalue weighted by molar-refractivity contribution is 0.197. The molecule has 0 aromatic carbocycles. The Morgan fingerprint density at radius 2 is 2.60 bits per heavy atom. The van der Waals surface area contributed by atoms with Crippen molar-refractivity contribution < 1.29 is 13.6 Å². The van der Waals surface area contributed by atoms with Gasteiger partial charge in [0.1, 0.15) is 0 Å². The first kappa shape index (κ1) is 8.21. The summed E-state index contributed by atoms with van der Waals surface area (Å²) in [4.78, 5) is 0. The Balaban J connectivity index is 2.47. The lowest BCUT2D eigenvalue weighted by Crippen LogP contribution is -2.08. The van der Waals surface area contributed by atoms with Gasteiger partial charge in [-0.2, -0.15) is 0 Å². The maximum Gasteiger partial charge on any atom is 0.405 e. The van der Waals surface area contributed by atoms with E-state index in [0.717, 1.165) is 0 Å². The molecule has 1 rings (SSSR count). The van der Waals surface area contributed by atoms with Gasteiger partial charge in [0, 0.05) is 6.54 Å². The Labute approximate surface area is 60.5 Å². The molecule has 1 N–H and O–H groups in total. The molecule has 10 heavy (non-hydrogen) atoms. The summed E-state index contributed by atoms with van der Waals surface area (Å²) in [5, 5.41) is 2.69. The second-order valence-electron chi connectivity index (χ2n) is 2.19. The van der Waals surface area contributed by atoms with Crippen molar-refractivity contribution in [2.75, 3.05) is 13.2 Å². The molecule has 4 nitrogen and oxygen atoms in total. The fourth-order valence-electron chi connectivity index (χ4n) is 0.798. The second kappa shape index (κ2) is 3.01. The Morgan fingerprint density at radius 1 is 1.90 bits per heavy atom. The minimum atomic E-state index is -2.88. The van der Waals surface area contributed by atoms with Crippen molar-refractivity contribution in [1.29, 1.82) is 0 Å². The van der Waals surface area contributed by atoms with Crippen molar-refractivity contribution in [3.8, 4) is 0 Å². The molecule has 1 saturated heterocycles. The molecule has 1 heterocycles. The molecule has 5 heteroatoms. The van der Waals surface area contributed by atoms with Crippen molar-refractivity contribution in [2.24, 2.45) is 0 Å². The summed E-state index contributed by atoms with van der Waals surface area (Å²) in [5.41, 5.74) is 0. The van der Waals surface area contributed by atoms with Crippen LogP contribution in [0.25, 0.3) is 0 Å². The summed E-state index contributed by atoms with van der Waals surface area (Å²) in [6, 6.07) is 0. The molecular weight excluding hydrogens is 153 g/mol. The van der Waals surface area contributed by atoms with Gasteiger partial charge in [-0.15, -0.1) is 0 Å². The highest BCUT2D eigenvalue weighted by Crippen LogP contribution is 2.48. The summed E-state index contributed by atoms with van der Waals surface area (Å²) < 4.78 is 21.2. The van der Waals surface area contributed by atoms with Crippen LogP contribution < -0.4 is 5.09 Å². The van der Waals surface area contributed by atoms with Gasteiger partial charge in [0.15, 0.2) is 0 Å². The first-order valence-corrected chi connectivity index (χ1v) is 4.88. The first-order chi connectivity index (χ1) is 4.66. The summed E-state index contributed by atoms with van der Waals surface area (Å²) in [7, 11) is -2.88. The predicted octanol–water partition coefficient (Wildman–Crippen LogP) is 1.14. The molecule has 1 aliphatic heterocycles. The van der Waals surface area contributed by atoms with E-state index in [4.69, 9.17) is 9.05 Å². The van der Waals surface area contributed by atoms with E-state index in [9.17, 15) is 4.57 Å². The van der Waals surface area contributed by atoms with Gasteiger partial charge in [-0.25, -0.2) is 9.65 Å². The van der Waals surface area contributed by atoms with Crippen molar-refractivity contribution in [2.45, 2.75) is 20.0 Å². The van der Waals surface area contributed by atoms with E-state index in [0.29, 0.717) is 13.2 Å². The van der Waals surface area contributed by atoms with E-state index in [1.54, 1.807) is 6.92 Å². The molecular formula is C5H12NO3P. The van der Waals surface area contributed by atoms with Gasteiger partial charge in [0.25, 0.3) is 0 Å². The van der Waals surface area contributed by atoms with E-state index in [2.05, 4.69) is 5.09 Å². The topological polar surface area (TPSA) is 47.6 Å². The molecule has 1 aliphatic rings. The predicted molar refractivity (Wildman–Crippen MR) is 37.8 cm³/mol. The SMILES string of the molecule is CCOP1(=O)NCC(C)O1. The number of hydrogen-bond donors (Lipinski definition) is 1. The van der Waals surface area contributed by atoms with Gasteiger partial charge in [0.05, 0.1) is 12.7 Å². The van der Waals surface area contributed by atoms with Gasteiger partial charge in [-0.05, 0) is 13.8 Å². The van der Waals surface area contributed by atoms with E-state index in [-0.39, 0.29) is 6.10 Å². The second-order valence-corrected chi connectivity index (χ2v) is 3.97. The largest absolute Gasteiger partial charge is 0.405 e. The number of nitrogens with one attached hydrogen (secondary N) is 1. The molecule has 2 atom stereocenters. The Kier molecular flexibility index (Phi) is 2.47. The average molecular weight is 165 g/mol. The zero-order valence-corrected chi connectivity index (χ0v) is 7.06. The van der Waals surface area contributed by atoms with Crippen LogP contribution in [0, 0.1) is 0 Å². The zero-order chi connectivity index (χ0) is 7.61. The van der Waals surface area contributed by atoms with Crippen LogP contribution in [0.1, 0.15) is 13.8 Å². The van der Waals surface area contributed by atoms with Crippen LogP contribution in [0.5, 0.6) is 0 Å². The summed E-state index contributed by atoms with van der Waals surface area (Å²) in [6.45, 7) is 4.66. The third-order valence-corrected chi connectivity index (χ3v) is 3.00. The number of rotatable bonds is 2. The Hall–Kier alpha value is 0.110. The quantitative estimate of drug-likeness (QED) is 0.623. The van der Waals surface area contributed by atoms with Gasteiger partial charge >= 0.3 is 7.75 Å². The zero-order valence-electron chi connectivity index (χ0n) is 6.16. The van der Waals surface area contributed by atoms with E-state index in [1.165, 1.54) is 0 Å². The van der Waals surface area contributed by atoms with Crippen LogP contribution in [-0.4, -0.2) is 19.3 Å². The lowest BCUT2D eigenvalue weighted by atomic mass is 10.4. The highest BCUT2D eigenvalue weighted by molar-refractivity contribution is 7.51. The molecule has 0 aromatic heterocycles. The van der Waals surface area contributed by atoms with Crippen molar-refractivity contribution in [3.05, 3.63) is 0 Å². The monoisotopic (exact) mass is 165 g/mol. The van der Waals surface area contributed by atoms with Crippen molar-refractivity contribution in [3.63, 3.8) is 0 Å². The maximum atomic E-state index is 11.3. The van der Waals surface area contributed by atoms with Gasteiger partial charge in [-0.3, -0.25) is 9.05 Å². The van der Waals surface area contributed by atoms with Gasteiger partial charge in [-0.1, -0.05) is 0 Å². The smallest absolute Gasteiger partial charge is 0.297 e. The standard InChI is InChI=1S/C5H12NO3P/c1-3-8-10(7)6-4-5(2)9-10/h5H,3-4H2,1-2H3,(H,6,7). The lowest BCUT2D eigenvalue weighted by Gasteiger charge is -2.08. The molecule has 0 bridgehead atoms. The molecule has 0 aliphatic carbocycles. The van der Waals surface area contributed by atoms with E-state index < -0.39 is 7.75 Å². The van der Waals surface area contributed by atoms with E-state index >= 15 is 0 Å². The van der Waals surface area contributed by atoms with Gasteiger partial charge < -0.3 is 0 Å². The third kappa shape index (κ3) is 1.80. The van der Waals surface area contributed by atoms with Crippen LogP contribution in [-0.2, 0) is 13.6 Å². The Morgan fingerprint density at radius 3 is 3.00 bits per heavy atom. The molecule has 1 fully saturated rings. The summed E-state index contributed by atoms with van der Waals surface area (Å²) in [5.74, 6) is 0. The normalized spacial score (nSPS) is 40.4. The van der Waals surface area contributed by atoms with E-state index in [1.807, 2.05) is 6.92 Å². The van der Waals surface area contributed by atoms with Crippen molar-refractivity contribution >= 4 is 7.75 Å². The first-order valence-electron chi connectivity index (χ1n) is 3.34. The molecule has 60 valence electrons. The van der Waals surface area contributed by atoms with Crippen LogP contribution in [0.4, 0.5) is 0 Å². The minimum absolute atomic E-state index is 0.00242. The molecule has 0 spiro atoms. The van der Waals surface area contributed by atoms with Crippen LogP contribution in [0.15, 0.2) is 0 Å². The number of hydrogen-bond acceptors (Lipinski definition) is 3. The van der Waals surface area contributed by atoms with Crippen LogP contribution >= 0.6 is 7.75 Å². The highest BCUT2D eigenvalue weighted by Gasteiger charge is 2.33. The summed E-state index contributed by atoms with van der Waals surface area (Å²) >= 11 is 0. The Bertz CT molecular complexity index is 155. The molecule has 0 saturated carbocycles. The van der Waals surface area contributed by atoms with Crippen molar-refractivity contribution in [1.82, 2.24) is 5.09 Å². The highest BCUT2D eigenvalue weighted by atomic mass is 31.2. The average Bonchev–Trinajstić information content (AvgIpc) is 2.12. The fraction of sp³-hybridized carbons (Fsp3) is 1.00. The van der Waals surface area contributed by atoms with Gasteiger partial charge in [0.2, 0.25) is 0 Å². The molecule has 0 radical (unpaired) electrons. The van der Waals surface area contributed by atoms with Crippen LogP contribution in [0.3, 0.4) is 0 Å². The molecule has 0 aromatic rings. The maximum absolute atomic E-state index is 11.3. The fourth-order valence-corrected chi connectivity index (χ4v) is 2.39. The molecule has 0 amide bonds.